The van der Waals surface area contributed by atoms with Crippen molar-refractivity contribution < 1.29 is 4.79 Å². The highest BCUT2D eigenvalue weighted by Crippen LogP contribution is 2.50. The van der Waals surface area contributed by atoms with E-state index in [1.54, 1.807) is 0 Å². The number of hydrogen-bond acceptors (Lipinski definition) is 1. The molecule has 0 N–H and O–H groups in total. The Balaban J connectivity index is 2.37. The second kappa shape index (κ2) is 2.69. The molecule has 2 aliphatic carbocycles. The Labute approximate surface area is 78.8 Å². The first kappa shape index (κ1) is 8.49. The number of rotatable bonds is 0. The highest BCUT2D eigenvalue weighted by molar-refractivity contribution is 5.97. The first-order valence-electron chi connectivity index (χ1n) is 4.76. The van der Waals surface area contributed by atoms with E-state index < -0.39 is 0 Å². The fourth-order valence-corrected chi connectivity index (χ4v) is 2.24. The molecule has 0 aromatic heterocycles. The summed E-state index contributed by atoms with van der Waals surface area (Å²) in [4.78, 5) is 11.8. The summed E-state index contributed by atoms with van der Waals surface area (Å²) < 4.78 is 0. The molecule has 2 atom stereocenters. The van der Waals surface area contributed by atoms with Crippen molar-refractivity contribution in [3.05, 3.63) is 36.5 Å². The van der Waals surface area contributed by atoms with Gasteiger partial charge in [0.1, 0.15) is 5.78 Å². The van der Waals surface area contributed by atoms with Crippen LogP contribution in [0.15, 0.2) is 36.5 Å². The molecule has 2 aliphatic rings. The monoisotopic (exact) mass is 174 g/mol. The predicted octanol–water partition coefficient (Wildman–Crippen LogP) is 2.51. The Morgan fingerprint density at radius 3 is 2.08 bits per heavy atom. The molecule has 0 saturated heterocycles. The third-order valence-corrected chi connectivity index (χ3v) is 3.42. The van der Waals surface area contributed by atoms with E-state index in [4.69, 9.17) is 0 Å². The molecule has 0 radical (unpaired) electrons. The number of Topliss-reactive ketones (excluding diaryl/α,β-unsaturated/α-hetero) is 1. The highest BCUT2D eigenvalue weighted by Gasteiger charge is 2.54. The number of ketones is 1. The molecule has 0 heterocycles. The summed E-state index contributed by atoms with van der Waals surface area (Å²) >= 11 is 0. The second-order valence-electron chi connectivity index (χ2n) is 3.98. The molecule has 1 nitrogen and oxygen atoms in total. The smallest absolute Gasteiger partial charge is 0.150 e. The van der Waals surface area contributed by atoms with Gasteiger partial charge in [-0.1, -0.05) is 50.3 Å². The van der Waals surface area contributed by atoms with Crippen LogP contribution in [0.4, 0.5) is 0 Å². The molecule has 1 saturated carbocycles. The van der Waals surface area contributed by atoms with E-state index in [9.17, 15) is 4.79 Å². The normalized spacial score (nSPS) is 34.8. The Morgan fingerprint density at radius 1 is 1.08 bits per heavy atom. The SMILES string of the molecule is C[C@@H]1C(=O)C2(C=CC=CC=C2)[C@@H]1C. The maximum atomic E-state index is 11.8. The molecule has 0 amide bonds. The van der Waals surface area contributed by atoms with Crippen molar-refractivity contribution >= 4 is 5.78 Å². The van der Waals surface area contributed by atoms with Gasteiger partial charge >= 0.3 is 0 Å². The van der Waals surface area contributed by atoms with Gasteiger partial charge in [0.15, 0.2) is 0 Å². The van der Waals surface area contributed by atoms with Crippen molar-refractivity contribution in [1.29, 1.82) is 0 Å². The topological polar surface area (TPSA) is 17.1 Å². The second-order valence-corrected chi connectivity index (χ2v) is 3.98. The van der Waals surface area contributed by atoms with Crippen LogP contribution in [0.2, 0.25) is 0 Å². The Hall–Kier alpha value is -1.11. The van der Waals surface area contributed by atoms with E-state index in [1.807, 2.05) is 43.4 Å². The lowest BCUT2D eigenvalue weighted by Crippen LogP contribution is -2.53. The summed E-state index contributed by atoms with van der Waals surface area (Å²) in [7, 11) is 0. The maximum absolute atomic E-state index is 11.8. The highest BCUT2D eigenvalue weighted by atomic mass is 16.1. The van der Waals surface area contributed by atoms with Gasteiger partial charge in [-0.15, -0.1) is 0 Å². The number of hydrogen-bond donors (Lipinski definition) is 0. The lowest BCUT2D eigenvalue weighted by Gasteiger charge is -2.47. The largest absolute Gasteiger partial charge is 0.298 e. The molecule has 0 unspecified atom stereocenters. The van der Waals surface area contributed by atoms with Crippen molar-refractivity contribution in [1.82, 2.24) is 0 Å². The summed E-state index contributed by atoms with van der Waals surface area (Å²) in [5.41, 5.74) is -0.289. The minimum atomic E-state index is -0.289. The molecule has 0 aromatic rings. The van der Waals surface area contributed by atoms with E-state index in [0.29, 0.717) is 11.7 Å². The molecule has 13 heavy (non-hydrogen) atoms. The van der Waals surface area contributed by atoms with Crippen LogP contribution in [-0.4, -0.2) is 5.78 Å². The fraction of sp³-hybridized carbons (Fsp3) is 0.417. The zero-order chi connectivity index (χ0) is 9.47. The first-order valence-corrected chi connectivity index (χ1v) is 4.76. The first-order chi connectivity index (χ1) is 6.18. The average molecular weight is 174 g/mol. The van der Waals surface area contributed by atoms with Gasteiger partial charge in [0.25, 0.3) is 0 Å². The zero-order valence-corrected chi connectivity index (χ0v) is 8.03. The Kier molecular flexibility index (Phi) is 1.76. The van der Waals surface area contributed by atoms with Crippen LogP contribution < -0.4 is 0 Å². The van der Waals surface area contributed by atoms with Gasteiger partial charge in [-0.05, 0) is 5.92 Å². The molecule has 1 spiro atoms. The third-order valence-electron chi connectivity index (χ3n) is 3.42. The van der Waals surface area contributed by atoms with Gasteiger partial charge in [-0.25, -0.2) is 0 Å². The summed E-state index contributed by atoms with van der Waals surface area (Å²) in [6, 6.07) is 0. The van der Waals surface area contributed by atoms with Crippen molar-refractivity contribution in [2.24, 2.45) is 17.3 Å². The fourth-order valence-electron chi connectivity index (χ4n) is 2.24. The maximum Gasteiger partial charge on any atom is 0.150 e. The van der Waals surface area contributed by atoms with Crippen LogP contribution in [0.1, 0.15) is 13.8 Å². The van der Waals surface area contributed by atoms with E-state index in [2.05, 4.69) is 6.92 Å². The number of carbonyl (C=O) groups is 1. The molecule has 1 fully saturated rings. The van der Waals surface area contributed by atoms with Crippen LogP contribution in [0, 0.1) is 17.3 Å². The minimum absolute atomic E-state index is 0.215. The Bertz CT molecular complexity index is 304. The van der Waals surface area contributed by atoms with Crippen molar-refractivity contribution in [2.75, 3.05) is 0 Å². The van der Waals surface area contributed by atoms with Crippen LogP contribution in [0.3, 0.4) is 0 Å². The molecular weight excluding hydrogens is 160 g/mol. The van der Waals surface area contributed by atoms with E-state index in [0.717, 1.165) is 0 Å². The zero-order valence-electron chi connectivity index (χ0n) is 8.03. The van der Waals surface area contributed by atoms with Crippen LogP contribution in [-0.2, 0) is 4.79 Å². The lowest BCUT2D eigenvalue weighted by molar-refractivity contribution is -0.144. The Morgan fingerprint density at radius 2 is 1.62 bits per heavy atom. The third kappa shape index (κ3) is 0.963. The quantitative estimate of drug-likeness (QED) is 0.551. The van der Waals surface area contributed by atoms with Crippen LogP contribution in [0.25, 0.3) is 0 Å². The standard InChI is InChI=1S/C12H14O/c1-9-10(2)12(11(9)13)7-5-3-4-6-8-12/h3-10H,1-2H3/t9-,10+/m0/s1. The predicted molar refractivity (Wildman–Crippen MR) is 53.2 cm³/mol. The lowest BCUT2D eigenvalue weighted by atomic mass is 9.54. The molecular formula is C12H14O. The van der Waals surface area contributed by atoms with Crippen LogP contribution in [0.5, 0.6) is 0 Å². The molecule has 0 aromatic carbocycles. The van der Waals surface area contributed by atoms with Crippen molar-refractivity contribution in [2.45, 2.75) is 13.8 Å². The number of allylic oxidation sites excluding steroid dienone is 6. The average Bonchev–Trinajstić information content (AvgIpc) is 2.42. The summed E-state index contributed by atoms with van der Waals surface area (Å²) in [5.74, 6) is 1.01. The summed E-state index contributed by atoms with van der Waals surface area (Å²) in [5, 5.41) is 0. The molecule has 0 aliphatic heterocycles. The van der Waals surface area contributed by atoms with Crippen molar-refractivity contribution in [3.8, 4) is 0 Å². The summed E-state index contributed by atoms with van der Waals surface area (Å²) in [6.45, 7) is 4.16. The minimum Gasteiger partial charge on any atom is -0.298 e. The van der Waals surface area contributed by atoms with E-state index in [1.165, 1.54) is 0 Å². The van der Waals surface area contributed by atoms with Gasteiger partial charge in [0.2, 0.25) is 0 Å². The van der Waals surface area contributed by atoms with E-state index >= 15 is 0 Å². The van der Waals surface area contributed by atoms with Gasteiger partial charge < -0.3 is 0 Å². The molecule has 1 heteroatoms. The number of carbonyl (C=O) groups excluding carboxylic acids is 1. The molecule has 0 bridgehead atoms. The van der Waals surface area contributed by atoms with E-state index in [-0.39, 0.29) is 11.3 Å². The molecule has 68 valence electrons. The van der Waals surface area contributed by atoms with Gasteiger partial charge in [-0.3, -0.25) is 4.79 Å². The van der Waals surface area contributed by atoms with Crippen LogP contribution >= 0.6 is 0 Å². The summed E-state index contributed by atoms with van der Waals surface area (Å²) in [6.07, 6.45) is 11.9. The molecule has 2 rings (SSSR count). The van der Waals surface area contributed by atoms with Crippen molar-refractivity contribution in [3.63, 3.8) is 0 Å². The van der Waals surface area contributed by atoms with Gasteiger partial charge in [0.05, 0.1) is 5.41 Å². The van der Waals surface area contributed by atoms with Gasteiger partial charge in [-0.2, -0.15) is 0 Å². The van der Waals surface area contributed by atoms with Gasteiger partial charge in [0, 0.05) is 5.92 Å².